The van der Waals surface area contributed by atoms with Crippen molar-refractivity contribution < 1.29 is 31.9 Å². The maximum atomic E-state index is 13.9. The van der Waals surface area contributed by atoms with Crippen LogP contribution in [-0.2, 0) is 37.3 Å². The quantitative estimate of drug-likeness (QED) is 0.180. The fraction of sp³-hybridized carbons (Fsp3) is 0.257. The smallest absolute Gasteiger partial charge is 0.261 e. The van der Waals surface area contributed by atoms with Crippen LogP contribution in [-0.4, -0.2) is 57.0 Å². The van der Waals surface area contributed by atoms with Crippen LogP contribution in [0.4, 0.5) is 10.1 Å². The summed E-state index contributed by atoms with van der Waals surface area (Å²) in [5.41, 5.74) is 1.87. The van der Waals surface area contributed by atoms with Gasteiger partial charge < -0.3 is 19.7 Å². The third kappa shape index (κ3) is 9.77. The van der Waals surface area contributed by atoms with Crippen LogP contribution in [0.15, 0.2) is 108 Å². The number of nitrogens with zero attached hydrogens (tertiary/aromatic N) is 1. The number of hydrogen-bond donors (Lipinski definition) is 2. The van der Waals surface area contributed by atoms with Gasteiger partial charge in [0, 0.05) is 36.8 Å². The standard InChI is InChI=1S/C35H35ClFN3O6S/c36-27-10-8-26(9-11-27)23-40(33(21-25-5-2-1-3-6-25)35(42)38-22-31-7-4-20-45-31)34(41)24-46-30-16-18-32(19-17-30)47(43,44)39-29-14-12-28(37)13-15-29/h1-3,5-6,8-19,31,33,39H,4,7,20-24H2,(H,38,42)/t31-,33-/m0/s1. The van der Waals surface area contributed by atoms with Crippen molar-refractivity contribution in [3.05, 3.63) is 125 Å². The van der Waals surface area contributed by atoms with Gasteiger partial charge in [-0.05, 0) is 84.6 Å². The molecule has 2 atom stereocenters. The van der Waals surface area contributed by atoms with Crippen LogP contribution in [0.25, 0.3) is 0 Å². The zero-order chi connectivity index (χ0) is 33.2. The Balaban J connectivity index is 1.32. The van der Waals surface area contributed by atoms with Crippen molar-refractivity contribution >= 4 is 39.1 Å². The molecule has 246 valence electrons. The average molecular weight is 680 g/mol. The molecule has 2 amide bonds. The number of amides is 2. The van der Waals surface area contributed by atoms with Gasteiger partial charge >= 0.3 is 0 Å². The lowest BCUT2D eigenvalue weighted by Gasteiger charge is -2.31. The molecule has 12 heteroatoms. The number of ether oxygens (including phenoxy) is 2. The lowest BCUT2D eigenvalue weighted by molar-refractivity contribution is -0.143. The van der Waals surface area contributed by atoms with Crippen LogP contribution in [0.5, 0.6) is 5.75 Å². The average Bonchev–Trinajstić information content (AvgIpc) is 3.60. The first-order chi connectivity index (χ1) is 22.7. The van der Waals surface area contributed by atoms with Crippen molar-refractivity contribution in [2.75, 3.05) is 24.5 Å². The van der Waals surface area contributed by atoms with E-state index in [4.69, 9.17) is 21.1 Å². The van der Waals surface area contributed by atoms with Crippen LogP contribution in [0.3, 0.4) is 0 Å². The number of benzene rings is 4. The first-order valence-corrected chi connectivity index (χ1v) is 17.0. The first kappa shape index (κ1) is 33.9. The molecule has 0 unspecified atom stereocenters. The minimum Gasteiger partial charge on any atom is -0.484 e. The second-order valence-electron chi connectivity index (χ2n) is 11.1. The molecule has 1 aliphatic heterocycles. The van der Waals surface area contributed by atoms with Crippen molar-refractivity contribution in [3.8, 4) is 5.75 Å². The van der Waals surface area contributed by atoms with Gasteiger partial charge in [0.1, 0.15) is 17.6 Å². The Labute approximate surface area is 278 Å². The molecule has 9 nitrogen and oxygen atoms in total. The second-order valence-corrected chi connectivity index (χ2v) is 13.2. The Morgan fingerprint density at radius 2 is 1.64 bits per heavy atom. The number of nitrogens with one attached hydrogen (secondary N) is 2. The molecule has 0 bridgehead atoms. The van der Waals surface area contributed by atoms with E-state index in [1.807, 2.05) is 30.3 Å². The van der Waals surface area contributed by atoms with Crippen LogP contribution >= 0.6 is 11.6 Å². The molecular formula is C35H35ClFN3O6S. The molecule has 2 N–H and O–H groups in total. The number of carbonyl (C=O) groups excluding carboxylic acids is 2. The van der Waals surface area contributed by atoms with Crippen LogP contribution in [0.2, 0.25) is 5.02 Å². The predicted octanol–water partition coefficient (Wildman–Crippen LogP) is 5.59. The van der Waals surface area contributed by atoms with E-state index >= 15 is 0 Å². The van der Waals surface area contributed by atoms with E-state index in [1.165, 1.54) is 41.3 Å². The summed E-state index contributed by atoms with van der Waals surface area (Å²) in [6.45, 7) is 0.716. The Morgan fingerprint density at radius 3 is 2.30 bits per heavy atom. The van der Waals surface area contributed by atoms with Crippen LogP contribution in [0, 0.1) is 5.82 Å². The lowest BCUT2D eigenvalue weighted by atomic mass is 10.0. The molecule has 0 aliphatic carbocycles. The van der Waals surface area contributed by atoms with Gasteiger partial charge in [-0.1, -0.05) is 54.1 Å². The summed E-state index contributed by atoms with van der Waals surface area (Å²) >= 11 is 6.11. The van der Waals surface area contributed by atoms with E-state index in [9.17, 15) is 22.4 Å². The monoisotopic (exact) mass is 679 g/mol. The fourth-order valence-electron chi connectivity index (χ4n) is 5.15. The number of carbonyl (C=O) groups is 2. The predicted molar refractivity (Wildman–Crippen MR) is 177 cm³/mol. The van der Waals surface area contributed by atoms with Gasteiger partial charge in [0.2, 0.25) is 5.91 Å². The topological polar surface area (TPSA) is 114 Å². The highest BCUT2D eigenvalue weighted by molar-refractivity contribution is 7.92. The molecule has 47 heavy (non-hydrogen) atoms. The Morgan fingerprint density at radius 1 is 0.936 bits per heavy atom. The zero-order valence-electron chi connectivity index (χ0n) is 25.5. The Hall–Kier alpha value is -4.45. The van der Waals surface area contributed by atoms with Crippen molar-refractivity contribution in [2.24, 2.45) is 0 Å². The maximum Gasteiger partial charge on any atom is 0.261 e. The van der Waals surface area contributed by atoms with Crippen LogP contribution < -0.4 is 14.8 Å². The number of anilines is 1. The van der Waals surface area contributed by atoms with E-state index in [-0.39, 0.29) is 41.3 Å². The molecule has 1 heterocycles. The molecule has 1 aliphatic rings. The molecule has 0 spiro atoms. The van der Waals surface area contributed by atoms with Crippen molar-refractivity contribution in [1.82, 2.24) is 10.2 Å². The van der Waals surface area contributed by atoms with Crippen molar-refractivity contribution in [1.29, 1.82) is 0 Å². The van der Waals surface area contributed by atoms with Gasteiger partial charge in [0.25, 0.3) is 15.9 Å². The van der Waals surface area contributed by atoms with Crippen molar-refractivity contribution in [3.63, 3.8) is 0 Å². The van der Waals surface area contributed by atoms with E-state index < -0.39 is 34.4 Å². The summed E-state index contributed by atoms with van der Waals surface area (Å²) in [7, 11) is -3.95. The number of rotatable bonds is 14. The SMILES string of the molecule is O=C(NC[C@@H]1CCCO1)[C@H](Cc1ccccc1)N(Cc1ccc(Cl)cc1)C(=O)COc1ccc(S(=O)(=O)Nc2ccc(F)cc2)cc1. The highest BCUT2D eigenvalue weighted by atomic mass is 35.5. The van der Waals surface area contributed by atoms with Gasteiger partial charge in [-0.3, -0.25) is 14.3 Å². The second kappa shape index (κ2) is 15.9. The summed E-state index contributed by atoms with van der Waals surface area (Å²) in [6, 6.07) is 26.1. The summed E-state index contributed by atoms with van der Waals surface area (Å²) in [6.07, 6.45) is 1.99. The third-order valence-corrected chi connectivity index (χ3v) is 9.31. The highest BCUT2D eigenvalue weighted by Gasteiger charge is 2.31. The summed E-state index contributed by atoms with van der Waals surface area (Å²) in [4.78, 5) is 29.1. The van der Waals surface area contributed by atoms with E-state index in [2.05, 4.69) is 10.0 Å². The highest BCUT2D eigenvalue weighted by Crippen LogP contribution is 2.21. The summed E-state index contributed by atoms with van der Waals surface area (Å²) in [5.74, 6) is -0.980. The molecule has 0 radical (unpaired) electrons. The first-order valence-electron chi connectivity index (χ1n) is 15.1. The fourth-order valence-corrected chi connectivity index (χ4v) is 6.34. The van der Waals surface area contributed by atoms with Gasteiger partial charge in [-0.2, -0.15) is 0 Å². The molecular weight excluding hydrogens is 645 g/mol. The molecule has 1 fully saturated rings. The van der Waals surface area contributed by atoms with E-state index in [1.54, 1.807) is 24.3 Å². The zero-order valence-corrected chi connectivity index (χ0v) is 27.1. The lowest BCUT2D eigenvalue weighted by Crippen LogP contribution is -2.52. The Bertz CT molecular complexity index is 1740. The summed E-state index contributed by atoms with van der Waals surface area (Å²) in [5, 5.41) is 3.53. The molecule has 0 saturated carbocycles. The molecule has 5 rings (SSSR count). The van der Waals surface area contributed by atoms with E-state index in [0.717, 1.165) is 36.1 Å². The van der Waals surface area contributed by atoms with E-state index in [0.29, 0.717) is 18.2 Å². The molecule has 0 aromatic heterocycles. The number of halogens is 2. The van der Waals surface area contributed by atoms with Crippen molar-refractivity contribution in [2.45, 2.75) is 42.8 Å². The number of sulfonamides is 1. The maximum absolute atomic E-state index is 13.9. The number of hydrogen-bond acceptors (Lipinski definition) is 6. The van der Waals surface area contributed by atoms with Gasteiger partial charge in [0.15, 0.2) is 6.61 Å². The normalized spacial score (nSPS) is 15.1. The van der Waals surface area contributed by atoms with Gasteiger partial charge in [-0.25, -0.2) is 12.8 Å². The Kier molecular flexibility index (Phi) is 11.5. The van der Waals surface area contributed by atoms with Gasteiger partial charge in [0.05, 0.1) is 11.0 Å². The minimum atomic E-state index is -3.95. The van der Waals surface area contributed by atoms with Crippen LogP contribution in [0.1, 0.15) is 24.0 Å². The molecule has 4 aromatic rings. The third-order valence-electron chi connectivity index (χ3n) is 7.66. The minimum absolute atomic E-state index is 0.0456. The molecule has 4 aromatic carbocycles. The largest absolute Gasteiger partial charge is 0.484 e. The summed E-state index contributed by atoms with van der Waals surface area (Å²) < 4.78 is 52.7. The molecule has 1 saturated heterocycles. The van der Waals surface area contributed by atoms with Gasteiger partial charge in [-0.15, -0.1) is 0 Å².